The van der Waals surface area contributed by atoms with Gasteiger partial charge in [-0.25, -0.2) is 0 Å². The zero-order valence-corrected chi connectivity index (χ0v) is 17.7. The number of hydrazone groups is 1. The van der Waals surface area contributed by atoms with Gasteiger partial charge in [0.1, 0.15) is 0 Å². The van der Waals surface area contributed by atoms with E-state index < -0.39 is 40.8 Å². The number of benzene rings is 2. The number of amides is 1. The molecule has 0 unspecified atom stereocenters. The lowest BCUT2D eigenvalue weighted by atomic mass is 10.0. The number of carbonyl (C=O) groups is 1. The number of hydrogen-bond acceptors (Lipinski definition) is 4. The van der Waals surface area contributed by atoms with Gasteiger partial charge < -0.3 is 11.5 Å². The number of pyridine rings is 1. The molecule has 6 nitrogen and oxygen atoms in total. The first kappa shape index (κ1) is 25.3. The summed E-state index contributed by atoms with van der Waals surface area (Å²) in [6, 6.07) is 11.0. The largest absolute Gasteiger partial charge is 0.416 e. The van der Waals surface area contributed by atoms with Crippen LogP contribution in [0.15, 0.2) is 78.3 Å². The Balaban J connectivity index is 1.88. The minimum Gasteiger partial charge on any atom is -0.382 e. The van der Waals surface area contributed by atoms with E-state index in [-0.39, 0.29) is 11.6 Å². The van der Waals surface area contributed by atoms with Gasteiger partial charge in [-0.2, -0.15) is 31.4 Å². The quantitative estimate of drug-likeness (QED) is 0.154. The first-order valence-corrected chi connectivity index (χ1v) is 9.75. The van der Waals surface area contributed by atoms with Crippen LogP contribution >= 0.6 is 0 Å². The molecule has 0 aliphatic carbocycles. The molecule has 182 valence electrons. The number of amidine groups is 1. The van der Waals surface area contributed by atoms with E-state index in [1.54, 1.807) is 42.7 Å². The lowest BCUT2D eigenvalue weighted by Crippen LogP contribution is -2.21. The summed E-state index contributed by atoms with van der Waals surface area (Å²) >= 11 is 0. The molecule has 1 heterocycles. The maximum Gasteiger partial charge on any atom is 0.416 e. The number of alkyl halides is 6. The summed E-state index contributed by atoms with van der Waals surface area (Å²) in [6.45, 7) is 0. The van der Waals surface area contributed by atoms with Crippen molar-refractivity contribution in [3.8, 4) is 11.1 Å². The zero-order valence-electron chi connectivity index (χ0n) is 17.7. The van der Waals surface area contributed by atoms with Gasteiger partial charge in [-0.3, -0.25) is 15.2 Å². The minimum atomic E-state index is -5.04. The molecule has 0 aliphatic heterocycles. The predicted octanol–water partition coefficient (Wildman–Crippen LogP) is 4.52. The van der Waals surface area contributed by atoms with Crippen LogP contribution in [-0.4, -0.2) is 16.7 Å². The van der Waals surface area contributed by atoms with Gasteiger partial charge in [-0.15, -0.1) is 0 Å². The lowest BCUT2D eigenvalue weighted by Gasteiger charge is -2.14. The molecule has 3 aromatic rings. The molecular formula is C23H17F6N5O. The summed E-state index contributed by atoms with van der Waals surface area (Å²) < 4.78 is 78.3. The Labute approximate surface area is 195 Å². The monoisotopic (exact) mass is 493 g/mol. The van der Waals surface area contributed by atoms with Gasteiger partial charge in [0.15, 0.2) is 5.84 Å². The second-order valence-corrected chi connectivity index (χ2v) is 7.16. The third-order valence-corrected chi connectivity index (χ3v) is 4.73. The van der Waals surface area contributed by atoms with Crippen LogP contribution in [0.25, 0.3) is 16.7 Å². The van der Waals surface area contributed by atoms with Gasteiger partial charge >= 0.3 is 12.4 Å². The SMILES string of the molecule is NC(=O)/C(=C/N/N=C(\N)c1cc(C(F)(F)F)cc(C(F)(F)F)c1)c1ccc(-c2cccnc2)cc1. The molecule has 5 N–H and O–H groups in total. The van der Waals surface area contributed by atoms with Gasteiger partial charge in [0, 0.05) is 24.2 Å². The van der Waals surface area contributed by atoms with E-state index in [1.165, 1.54) is 0 Å². The van der Waals surface area contributed by atoms with E-state index in [9.17, 15) is 31.1 Å². The highest BCUT2D eigenvalue weighted by atomic mass is 19.4. The van der Waals surface area contributed by atoms with Gasteiger partial charge in [0.25, 0.3) is 5.91 Å². The summed E-state index contributed by atoms with van der Waals surface area (Å²) in [4.78, 5) is 15.9. The van der Waals surface area contributed by atoms with Crippen LogP contribution in [-0.2, 0) is 17.1 Å². The Morgan fingerprint density at radius 1 is 0.857 bits per heavy atom. The highest BCUT2D eigenvalue weighted by Crippen LogP contribution is 2.36. The van der Waals surface area contributed by atoms with Crippen LogP contribution in [0.1, 0.15) is 22.3 Å². The number of nitrogens with one attached hydrogen (secondary N) is 1. The van der Waals surface area contributed by atoms with Crippen LogP contribution in [0.2, 0.25) is 0 Å². The summed E-state index contributed by atoms with van der Waals surface area (Å²) in [5.74, 6) is -1.53. The lowest BCUT2D eigenvalue weighted by molar-refractivity contribution is -0.143. The molecule has 0 spiro atoms. The second-order valence-electron chi connectivity index (χ2n) is 7.16. The van der Waals surface area contributed by atoms with Crippen LogP contribution in [0, 0.1) is 0 Å². The van der Waals surface area contributed by atoms with Gasteiger partial charge in [0.05, 0.1) is 16.7 Å². The Kier molecular flexibility index (Phi) is 7.13. The fourth-order valence-corrected chi connectivity index (χ4v) is 3.01. The van der Waals surface area contributed by atoms with Crippen molar-refractivity contribution in [3.63, 3.8) is 0 Å². The zero-order chi connectivity index (χ0) is 25.8. The standard InChI is InChI=1S/C23H17F6N5O/c24-22(25,26)17-8-16(9-18(10-17)23(27,28)29)20(30)34-33-12-19(21(31)35)14-5-3-13(4-6-14)15-2-1-7-32-11-15/h1-12,33H,(H2,30,34)(H2,31,35)/b19-12+. The Bertz CT molecular complexity index is 1230. The number of carbonyl (C=O) groups excluding carboxylic acids is 1. The summed E-state index contributed by atoms with van der Waals surface area (Å²) in [6.07, 6.45) is -5.77. The van der Waals surface area contributed by atoms with E-state index in [0.29, 0.717) is 17.7 Å². The second kappa shape index (κ2) is 9.87. The van der Waals surface area contributed by atoms with Crippen molar-refractivity contribution in [2.45, 2.75) is 12.4 Å². The summed E-state index contributed by atoms with van der Waals surface area (Å²) in [7, 11) is 0. The number of aromatic nitrogens is 1. The fraction of sp³-hybridized carbons (Fsp3) is 0.0870. The molecule has 3 rings (SSSR count). The van der Waals surface area contributed by atoms with Gasteiger partial charge in [-0.1, -0.05) is 30.3 Å². The van der Waals surface area contributed by atoms with Gasteiger partial charge in [-0.05, 0) is 41.0 Å². The number of hydrogen-bond donors (Lipinski definition) is 3. The normalized spacial score (nSPS) is 13.0. The Morgan fingerprint density at radius 3 is 1.94 bits per heavy atom. The maximum absolute atomic E-state index is 13.0. The smallest absolute Gasteiger partial charge is 0.382 e. The Morgan fingerprint density at radius 2 is 1.46 bits per heavy atom. The molecule has 0 saturated heterocycles. The molecule has 0 atom stereocenters. The third-order valence-electron chi connectivity index (χ3n) is 4.73. The van der Waals surface area contributed by atoms with Crippen LogP contribution in [0.4, 0.5) is 26.3 Å². The molecule has 1 aromatic heterocycles. The van der Waals surface area contributed by atoms with E-state index in [1.807, 2.05) is 6.07 Å². The number of halogens is 6. The number of primary amides is 1. The van der Waals surface area contributed by atoms with Gasteiger partial charge in [0.2, 0.25) is 0 Å². The molecular weight excluding hydrogens is 476 g/mol. The van der Waals surface area contributed by atoms with E-state index >= 15 is 0 Å². The maximum atomic E-state index is 13.0. The molecule has 0 saturated carbocycles. The molecule has 0 fully saturated rings. The summed E-state index contributed by atoms with van der Waals surface area (Å²) in [5, 5.41) is 3.57. The van der Waals surface area contributed by atoms with Crippen molar-refractivity contribution >= 4 is 17.3 Å². The predicted molar refractivity (Wildman–Crippen MR) is 117 cm³/mol. The van der Waals surface area contributed by atoms with E-state index in [4.69, 9.17) is 11.5 Å². The molecule has 12 heteroatoms. The number of nitrogens with two attached hydrogens (primary N) is 2. The van der Waals surface area contributed by atoms with Crippen molar-refractivity contribution < 1.29 is 31.1 Å². The van der Waals surface area contributed by atoms with E-state index in [0.717, 1.165) is 17.3 Å². The van der Waals surface area contributed by atoms with Crippen molar-refractivity contribution in [2.24, 2.45) is 16.6 Å². The van der Waals surface area contributed by atoms with Crippen LogP contribution in [0.3, 0.4) is 0 Å². The third kappa shape index (κ3) is 6.37. The Hall–Kier alpha value is -4.35. The minimum absolute atomic E-state index is 0.0233. The van der Waals surface area contributed by atoms with Crippen molar-refractivity contribution in [2.75, 3.05) is 0 Å². The number of rotatable bonds is 6. The summed E-state index contributed by atoms with van der Waals surface area (Å²) in [5.41, 5.74) is 11.5. The molecule has 0 bridgehead atoms. The topological polar surface area (TPSA) is 106 Å². The molecule has 1 amide bonds. The fourth-order valence-electron chi connectivity index (χ4n) is 3.01. The first-order chi connectivity index (χ1) is 16.4. The number of nitrogens with zero attached hydrogens (tertiary/aromatic N) is 2. The average Bonchev–Trinajstić information content (AvgIpc) is 2.81. The van der Waals surface area contributed by atoms with Crippen molar-refractivity contribution in [3.05, 3.63) is 95.4 Å². The molecule has 35 heavy (non-hydrogen) atoms. The van der Waals surface area contributed by atoms with Crippen molar-refractivity contribution in [1.82, 2.24) is 10.4 Å². The van der Waals surface area contributed by atoms with Crippen LogP contribution < -0.4 is 16.9 Å². The highest BCUT2D eigenvalue weighted by Gasteiger charge is 2.37. The van der Waals surface area contributed by atoms with E-state index in [2.05, 4.69) is 15.5 Å². The molecule has 0 aliphatic rings. The molecule has 2 aromatic carbocycles. The van der Waals surface area contributed by atoms with Crippen molar-refractivity contribution in [1.29, 1.82) is 0 Å². The first-order valence-electron chi connectivity index (χ1n) is 9.75. The average molecular weight is 493 g/mol. The van der Waals surface area contributed by atoms with Crippen LogP contribution in [0.5, 0.6) is 0 Å². The molecule has 0 radical (unpaired) electrons. The highest BCUT2D eigenvalue weighted by molar-refractivity contribution is 6.18.